The average Bonchev–Trinajstić information content (AvgIpc) is 3.32. The van der Waals surface area contributed by atoms with Crippen molar-refractivity contribution in [1.82, 2.24) is 10.3 Å². The number of thioether (sulfide) groups is 1. The van der Waals surface area contributed by atoms with Crippen molar-refractivity contribution in [3.8, 4) is 11.1 Å². The second kappa shape index (κ2) is 7.32. The van der Waals surface area contributed by atoms with E-state index in [1.54, 1.807) is 6.08 Å². The van der Waals surface area contributed by atoms with Crippen LogP contribution in [0.2, 0.25) is 0 Å². The summed E-state index contributed by atoms with van der Waals surface area (Å²) in [4.78, 5) is 28.5. The monoisotopic (exact) mass is 470 g/mol. The van der Waals surface area contributed by atoms with Gasteiger partial charge in [-0.25, -0.2) is 4.98 Å². The molecular weight excluding hydrogens is 444 g/mol. The Kier molecular flexibility index (Phi) is 4.41. The number of aryl methyl sites for hydroxylation is 1. The normalized spacial score (nSPS) is 31.1. The molecule has 0 radical (unpaired) electrons. The van der Waals surface area contributed by atoms with Crippen LogP contribution in [0, 0.1) is 24.7 Å². The topological polar surface area (TPSA) is 72.2 Å². The predicted molar refractivity (Wildman–Crippen MR) is 133 cm³/mol. The van der Waals surface area contributed by atoms with Gasteiger partial charge in [-0.15, -0.1) is 0 Å². The Hall–Kier alpha value is -2.86. The van der Waals surface area contributed by atoms with E-state index in [9.17, 15) is 9.59 Å². The fourth-order valence-electron chi connectivity index (χ4n) is 7.46. The van der Waals surface area contributed by atoms with Crippen molar-refractivity contribution in [2.75, 3.05) is 0 Å². The molecule has 0 spiro atoms. The number of benzene rings is 2. The van der Waals surface area contributed by atoms with Crippen molar-refractivity contribution < 1.29 is 14.0 Å². The van der Waals surface area contributed by atoms with E-state index in [1.807, 2.05) is 19.1 Å². The van der Waals surface area contributed by atoms with Crippen LogP contribution in [0.25, 0.3) is 28.3 Å². The van der Waals surface area contributed by atoms with Crippen molar-refractivity contribution in [3.63, 3.8) is 0 Å². The maximum atomic E-state index is 11.9. The molecule has 8 rings (SSSR count). The predicted octanol–water partition coefficient (Wildman–Crippen LogP) is 6.59. The minimum absolute atomic E-state index is 0.286. The molecule has 3 aromatic rings. The zero-order valence-electron chi connectivity index (χ0n) is 19.1. The van der Waals surface area contributed by atoms with Gasteiger partial charge in [0.15, 0.2) is 11.5 Å². The number of aromatic nitrogens is 1. The van der Waals surface area contributed by atoms with E-state index in [-0.39, 0.29) is 16.6 Å². The number of carbonyl (C=O) groups excluding carboxylic acids is 2. The molecule has 1 saturated heterocycles. The van der Waals surface area contributed by atoms with Gasteiger partial charge in [0.25, 0.3) is 11.1 Å². The standard InChI is InChI=1S/C28H26N2O3S/c1-15-29-23-11-21(28-12-17-6-18(13-28)8-19(7-17)14-28)10-22(25(23)33-15)20-4-2-16(3-5-20)9-24-26(31)30-27(32)34-24/h2-5,9-11,17-19H,6-8,12-14H2,1H3,(H,30,31,32)/b24-9-. The zero-order chi connectivity index (χ0) is 23.0. The highest BCUT2D eigenvalue weighted by Gasteiger charge is 2.51. The van der Waals surface area contributed by atoms with Crippen LogP contribution in [0.4, 0.5) is 4.79 Å². The van der Waals surface area contributed by atoms with Crippen molar-refractivity contribution in [1.29, 1.82) is 0 Å². The first kappa shape index (κ1) is 20.5. The quantitative estimate of drug-likeness (QED) is 0.437. The number of amides is 2. The number of nitrogens with one attached hydrogen (secondary N) is 1. The van der Waals surface area contributed by atoms with Gasteiger partial charge in [0.2, 0.25) is 0 Å². The molecular formula is C28H26N2O3S. The maximum absolute atomic E-state index is 11.9. The molecule has 172 valence electrons. The minimum atomic E-state index is -0.332. The molecule has 5 nitrogen and oxygen atoms in total. The van der Waals surface area contributed by atoms with E-state index in [4.69, 9.17) is 9.40 Å². The van der Waals surface area contributed by atoms with Crippen LogP contribution in [-0.4, -0.2) is 16.1 Å². The van der Waals surface area contributed by atoms with E-state index in [1.165, 1.54) is 44.1 Å². The molecule has 1 N–H and O–H groups in total. The first-order valence-corrected chi connectivity index (χ1v) is 13.0. The van der Waals surface area contributed by atoms with E-state index in [2.05, 4.69) is 29.6 Å². The zero-order valence-corrected chi connectivity index (χ0v) is 19.9. The van der Waals surface area contributed by atoms with E-state index in [0.29, 0.717) is 10.8 Å². The molecule has 2 heterocycles. The Morgan fingerprint density at radius 1 is 1.03 bits per heavy atom. The number of imide groups is 1. The lowest BCUT2D eigenvalue weighted by Crippen LogP contribution is -2.48. The molecule has 2 amide bonds. The Morgan fingerprint density at radius 3 is 2.32 bits per heavy atom. The molecule has 4 aliphatic carbocycles. The summed E-state index contributed by atoms with van der Waals surface area (Å²) in [5.74, 6) is 3.01. The Labute approximate surface area is 202 Å². The van der Waals surface area contributed by atoms with Crippen molar-refractivity contribution in [2.45, 2.75) is 50.9 Å². The van der Waals surface area contributed by atoms with Crippen LogP contribution >= 0.6 is 11.8 Å². The van der Waals surface area contributed by atoms with Gasteiger partial charge in [-0.2, -0.15) is 0 Å². The summed E-state index contributed by atoms with van der Waals surface area (Å²) in [7, 11) is 0. The summed E-state index contributed by atoms with van der Waals surface area (Å²) >= 11 is 0.941. The summed E-state index contributed by atoms with van der Waals surface area (Å²) in [5, 5.41) is 1.98. The maximum Gasteiger partial charge on any atom is 0.290 e. The number of carbonyl (C=O) groups is 2. The van der Waals surface area contributed by atoms with E-state index >= 15 is 0 Å². The highest BCUT2D eigenvalue weighted by atomic mass is 32.2. The van der Waals surface area contributed by atoms with E-state index in [0.717, 1.165) is 57.3 Å². The molecule has 1 aliphatic heterocycles. The SMILES string of the molecule is Cc1nc2cc(C34CC5CC(CC(C5)C3)C4)cc(-c3ccc(/C=C4\SC(=O)NC4=O)cc3)c2o1. The van der Waals surface area contributed by atoms with Crippen LogP contribution in [0.3, 0.4) is 0 Å². The van der Waals surface area contributed by atoms with Crippen molar-refractivity contribution >= 4 is 40.1 Å². The first-order chi connectivity index (χ1) is 16.4. The van der Waals surface area contributed by atoms with Crippen LogP contribution in [0.1, 0.15) is 55.5 Å². The number of rotatable bonds is 3. The van der Waals surface area contributed by atoms with Gasteiger partial charge in [-0.3, -0.25) is 14.9 Å². The van der Waals surface area contributed by atoms with Gasteiger partial charge < -0.3 is 4.42 Å². The first-order valence-electron chi connectivity index (χ1n) is 12.2. The molecule has 34 heavy (non-hydrogen) atoms. The Morgan fingerprint density at radius 2 is 1.71 bits per heavy atom. The average molecular weight is 471 g/mol. The molecule has 0 unspecified atom stereocenters. The third kappa shape index (κ3) is 3.26. The van der Waals surface area contributed by atoms with Crippen molar-refractivity contribution in [3.05, 3.63) is 58.3 Å². The fourth-order valence-corrected chi connectivity index (χ4v) is 8.14. The summed E-state index contributed by atoms with van der Waals surface area (Å²) < 4.78 is 6.07. The van der Waals surface area contributed by atoms with Gasteiger partial charge in [0.1, 0.15) is 5.52 Å². The number of hydrogen-bond donors (Lipinski definition) is 1. The van der Waals surface area contributed by atoms with Gasteiger partial charge in [0, 0.05) is 12.5 Å². The number of fused-ring (bicyclic) bond motifs is 1. The van der Waals surface area contributed by atoms with Crippen LogP contribution in [0.15, 0.2) is 45.7 Å². The van der Waals surface area contributed by atoms with Gasteiger partial charge in [-0.1, -0.05) is 24.3 Å². The van der Waals surface area contributed by atoms with Gasteiger partial charge >= 0.3 is 0 Å². The number of nitrogens with zero attached hydrogens (tertiary/aromatic N) is 1. The van der Waals surface area contributed by atoms with Gasteiger partial charge in [0.05, 0.1) is 4.91 Å². The smallest absolute Gasteiger partial charge is 0.290 e. The number of oxazole rings is 1. The van der Waals surface area contributed by atoms with Crippen LogP contribution in [-0.2, 0) is 10.2 Å². The summed E-state index contributed by atoms with van der Waals surface area (Å²) in [5.41, 5.74) is 6.57. The molecule has 4 bridgehead atoms. The molecule has 1 aromatic heterocycles. The summed E-state index contributed by atoms with van der Waals surface area (Å²) in [6, 6.07) is 12.8. The molecule has 5 aliphatic rings. The third-order valence-electron chi connectivity index (χ3n) is 8.41. The van der Waals surface area contributed by atoms with Crippen molar-refractivity contribution in [2.24, 2.45) is 17.8 Å². The third-order valence-corrected chi connectivity index (χ3v) is 9.22. The lowest BCUT2D eigenvalue weighted by Gasteiger charge is -2.57. The number of hydrogen-bond acceptors (Lipinski definition) is 5. The Bertz CT molecular complexity index is 1350. The van der Waals surface area contributed by atoms with Crippen LogP contribution in [0.5, 0.6) is 0 Å². The molecule has 0 atom stereocenters. The largest absolute Gasteiger partial charge is 0.440 e. The highest BCUT2D eigenvalue weighted by Crippen LogP contribution is 2.61. The second-order valence-corrected chi connectivity index (χ2v) is 11.8. The summed E-state index contributed by atoms with van der Waals surface area (Å²) in [6.45, 7) is 1.91. The highest BCUT2D eigenvalue weighted by molar-refractivity contribution is 8.18. The molecule has 5 fully saturated rings. The van der Waals surface area contributed by atoms with Gasteiger partial charge in [-0.05, 0) is 108 Å². The fraction of sp³-hybridized carbons (Fsp3) is 0.393. The Balaban J connectivity index is 1.30. The summed E-state index contributed by atoms with van der Waals surface area (Å²) in [6.07, 6.45) is 9.97. The van der Waals surface area contributed by atoms with E-state index < -0.39 is 0 Å². The molecule has 6 heteroatoms. The lowest BCUT2D eigenvalue weighted by molar-refractivity contribution is -0.115. The molecule has 4 saturated carbocycles. The molecule has 2 aromatic carbocycles. The minimum Gasteiger partial charge on any atom is -0.440 e. The van der Waals surface area contributed by atoms with Crippen LogP contribution < -0.4 is 5.32 Å². The second-order valence-electron chi connectivity index (χ2n) is 10.8. The lowest BCUT2D eigenvalue weighted by atomic mass is 9.48.